The largest absolute Gasteiger partial charge is 0.471 e. The van der Waals surface area contributed by atoms with Gasteiger partial charge in [0.1, 0.15) is 5.82 Å². The molecule has 156 valence electrons. The lowest BCUT2D eigenvalue weighted by Crippen LogP contribution is -2.55. The predicted octanol–water partition coefficient (Wildman–Crippen LogP) is 2.92. The Morgan fingerprint density at radius 3 is 2.48 bits per heavy atom. The van der Waals surface area contributed by atoms with Gasteiger partial charge in [-0.15, -0.1) is 0 Å². The predicted molar refractivity (Wildman–Crippen MR) is 97.1 cm³/mol. The highest BCUT2D eigenvalue weighted by molar-refractivity contribution is 5.76. The van der Waals surface area contributed by atoms with Gasteiger partial charge in [0.05, 0.1) is 12.1 Å². The molecule has 2 bridgehead atoms. The summed E-state index contributed by atoms with van der Waals surface area (Å²) in [5.74, 6) is -0.844. The van der Waals surface area contributed by atoms with E-state index in [0.717, 1.165) is 6.42 Å². The highest BCUT2D eigenvalue weighted by Crippen LogP contribution is 2.34. The van der Waals surface area contributed by atoms with E-state index in [9.17, 15) is 18.0 Å². The van der Waals surface area contributed by atoms with Crippen molar-refractivity contribution >= 4 is 11.8 Å². The maximum Gasteiger partial charge on any atom is 0.471 e. The lowest BCUT2D eigenvalue weighted by Gasteiger charge is -2.36. The second-order valence-corrected chi connectivity index (χ2v) is 8.35. The zero-order valence-electron chi connectivity index (χ0n) is 16.2. The van der Waals surface area contributed by atoms with Gasteiger partial charge < -0.3 is 19.6 Å². The van der Waals surface area contributed by atoms with Crippen LogP contribution < -0.4 is 10.2 Å². The summed E-state index contributed by atoms with van der Waals surface area (Å²) in [6.07, 6.45) is -2.39. The summed E-state index contributed by atoms with van der Waals surface area (Å²) in [7, 11) is 0. The number of fused-ring (bicyclic) bond motifs is 2. The van der Waals surface area contributed by atoms with Crippen molar-refractivity contribution in [2.45, 2.75) is 51.0 Å². The van der Waals surface area contributed by atoms with Crippen LogP contribution in [0.15, 0.2) is 22.9 Å². The van der Waals surface area contributed by atoms with E-state index in [1.807, 2.05) is 25.7 Å². The number of carbonyl (C=O) groups is 1. The maximum absolute atomic E-state index is 12.6. The first-order chi connectivity index (χ1) is 13.5. The molecule has 2 fully saturated rings. The highest BCUT2D eigenvalue weighted by Gasteiger charge is 2.46. The number of anilines is 1. The summed E-state index contributed by atoms with van der Waals surface area (Å²) in [5, 5.41) is 6.35. The molecule has 0 spiro atoms. The van der Waals surface area contributed by atoms with Crippen molar-refractivity contribution in [2.75, 3.05) is 18.0 Å². The van der Waals surface area contributed by atoms with Crippen molar-refractivity contribution in [1.29, 1.82) is 0 Å². The van der Waals surface area contributed by atoms with Crippen LogP contribution in [-0.4, -0.2) is 56.8 Å². The molecule has 0 unspecified atom stereocenters. The zero-order chi connectivity index (χ0) is 21.0. The minimum atomic E-state index is -4.68. The average Bonchev–Trinajstić information content (AvgIpc) is 3.34. The van der Waals surface area contributed by atoms with E-state index >= 15 is 0 Å². The van der Waals surface area contributed by atoms with Gasteiger partial charge in [-0.1, -0.05) is 5.16 Å². The van der Waals surface area contributed by atoms with Gasteiger partial charge in [-0.3, -0.25) is 0 Å². The molecule has 0 aromatic carbocycles. The number of halogens is 3. The fourth-order valence-electron chi connectivity index (χ4n) is 3.73. The number of hydrogen-bond donors (Lipinski definition) is 1. The molecule has 0 radical (unpaired) electrons. The van der Waals surface area contributed by atoms with Crippen molar-refractivity contribution in [3.05, 3.63) is 24.2 Å². The van der Waals surface area contributed by atoms with Crippen molar-refractivity contribution in [3.8, 4) is 11.4 Å². The van der Waals surface area contributed by atoms with Gasteiger partial charge in [0.15, 0.2) is 0 Å². The molecule has 11 heteroatoms. The van der Waals surface area contributed by atoms with E-state index in [0.29, 0.717) is 24.5 Å². The molecular weight excluding hydrogens is 389 g/mol. The molecule has 4 heterocycles. The summed E-state index contributed by atoms with van der Waals surface area (Å²) in [6.45, 7) is 7.10. The number of nitrogens with zero attached hydrogens (tertiary/aromatic N) is 5. The van der Waals surface area contributed by atoms with Crippen LogP contribution in [-0.2, 0) is 6.18 Å². The SMILES string of the molecule is CC(C)(C)NC(=O)N1C[C@@H]2C[C@H]1CN2c1ccc(-c2noc(C(F)(F)F)n2)cn1. The Hall–Kier alpha value is -2.85. The molecular formula is C18H21F3N6O2. The minimum absolute atomic E-state index is 0.0643. The average molecular weight is 410 g/mol. The quantitative estimate of drug-likeness (QED) is 0.819. The van der Waals surface area contributed by atoms with Crippen molar-refractivity contribution < 1.29 is 22.5 Å². The third kappa shape index (κ3) is 3.85. The molecule has 2 aliphatic heterocycles. The second-order valence-electron chi connectivity index (χ2n) is 8.35. The summed E-state index contributed by atoms with van der Waals surface area (Å²) in [6, 6.07) is 3.54. The first kappa shape index (κ1) is 19.5. The van der Waals surface area contributed by atoms with Crippen LogP contribution in [0, 0.1) is 0 Å². The first-order valence-electron chi connectivity index (χ1n) is 9.24. The lowest BCUT2D eigenvalue weighted by atomic mass is 10.1. The molecule has 2 aliphatic rings. The van der Waals surface area contributed by atoms with Crippen LogP contribution in [0.2, 0.25) is 0 Å². The molecule has 2 aromatic heterocycles. The summed E-state index contributed by atoms with van der Waals surface area (Å²) in [5.41, 5.74) is 0.0421. The Labute approximate surface area is 165 Å². The molecule has 8 nitrogen and oxygen atoms in total. The van der Waals surface area contributed by atoms with Gasteiger partial charge >= 0.3 is 18.1 Å². The third-order valence-electron chi connectivity index (χ3n) is 4.95. The van der Waals surface area contributed by atoms with Crippen molar-refractivity contribution in [2.24, 2.45) is 0 Å². The number of likely N-dealkylation sites (tertiary alicyclic amines) is 1. The van der Waals surface area contributed by atoms with Crippen LogP contribution in [0.4, 0.5) is 23.8 Å². The van der Waals surface area contributed by atoms with Crippen LogP contribution in [0.25, 0.3) is 11.4 Å². The van der Waals surface area contributed by atoms with Crippen LogP contribution in [0.5, 0.6) is 0 Å². The Morgan fingerprint density at radius 2 is 1.97 bits per heavy atom. The van der Waals surface area contributed by atoms with Gasteiger partial charge in [0.25, 0.3) is 0 Å². The fraction of sp³-hybridized carbons (Fsp3) is 0.556. The van der Waals surface area contributed by atoms with Gasteiger partial charge in [0.2, 0.25) is 5.82 Å². The molecule has 0 saturated carbocycles. The van der Waals surface area contributed by atoms with Gasteiger partial charge in [-0.05, 0) is 39.3 Å². The number of carbonyl (C=O) groups excluding carboxylic acids is 1. The molecule has 0 aliphatic carbocycles. The van der Waals surface area contributed by atoms with Crippen LogP contribution in [0.3, 0.4) is 0 Å². The normalized spacial score (nSPS) is 21.7. The number of rotatable bonds is 2. The van der Waals surface area contributed by atoms with E-state index in [1.54, 1.807) is 12.1 Å². The van der Waals surface area contributed by atoms with Gasteiger partial charge in [-0.25, -0.2) is 9.78 Å². The first-order valence-corrected chi connectivity index (χ1v) is 9.24. The second kappa shape index (κ2) is 6.60. The lowest BCUT2D eigenvalue weighted by molar-refractivity contribution is -0.159. The van der Waals surface area contributed by atoms with E-state index in [2.05, 4.69) is 29.9 Å². The Morgan fingerprint density at radius 1 is 1.21 bits per heavy atom. The Kier molecular flexibility index (Phi) is 4.43. The molecule has 2 amide bonds. The number of pyridine rings is 1. The Balaban J connectivity index is 1.43. The smallest absolute Gasteiger partial charge is 0.350 e. The molecule has 2 saturated heterocycles. The number of urea groups is 1. The highest BCUT2D eigenvalue weighted by atomic mass is 19.4. The standard InChI is InChI=1S/C18H21F3N6O2/c1-17(2,3)24-16(28)27-9-11-6-12(27)8-26(11)13-5-4-10(7-22-13)14-23-15(29-25-14)18(19,20)21/h4-5,7,11-12H,6,8-9H2,1-3H3,(H,24,28)/t11-,12-/m0/s1. The number of piperazine rings is 1. The summed E-state index contributed by atoms with van der Waals surface area (Å²) in [4.78, 5) is 24.2. The monoisotopic (exact) mass is 410 g/mol. The molecule has 1 N–H and O–H groups in total. The van der Waals surface area contributed by atoms with Crippen LogP contribution in [0.1, 0.15) is 33.1 Å². The minimum Gasteiger partial charge on any atom is -0.350 e. The van der Waals surface area contributed by atoms with Gasteiger partial charge in [-0.2, -0.15) is 18.2 Å². The molecule has 29 heavy (non-hydrogen) atoms. The summed E-state index contributed by atoms with van der Waals surface area (Å²) < 4.78 is 42.1. The number of amides is 2. The van der Waals surface area contributed by atoms with E-state index in [1.165, 1.54) is 6.20 Å². The van der Waals surface area contributed by atoms with Gasteiger partial charge in [0, 0.05) is 30.4 Å². The molecule has 2 aromatic rings. The summed E-state index contributed by atoms with van der Waals surface area (Å²) >= 11 is 0. The molecule has 2 atom stereocenters. The topological polar surface area (TPSA) is 87.4 Å². The van der Waals surface area contributed by atoms with E-state index in [4.69, 9.17) is 0 Å². The number of nitrogens with one attached hydrogen (secondary N) is 1. The van der Waals surface area contributed by atoms with Crippen molar-refractivity contribution in [1.82, 2.24) is 25.3 Å². The van der Waals surface area contributed by atoms with Crippen molar-refractivity contribution in [3.63, 3.8) is 0 Å². The number of alkyl halides is 3. The Bertz CT molecular complexity index is 906. The number of hydrogen-bond acceptors (Lipinski definition) is 6. The maximum atomic E-state index is 12.6. The fourth-order valence-corrected chi connectivity index (χ4v) is 3.73. The van der Waals surface area contributed by atoms with E-state index in [-0.39, 0.29) is 29.5 Å². The molecule has 4 rings (SSSR count). The third-order valence-corrected chi connectivity index (χ3v) is 4.95. The van der Waals surface area contributed by atoms with E-state index < -0.39 is 12.1 Å². The zero-order valence-corrected chi connectivity index (χ0v) is 16.2. The van der Waals surface area contributed by atoms with Crippen LogP contribution >= 0.6 is 0 Å². The number of aromatic nitrogens is 3.